The van der Waals surface area contributed by atoms with Gasteiger partial charge in [-0.15, -0.1) is 0 Å². The zero-order valence-corrected chi connectivity index (χ0v) is 12.7. The van der Waals surface area contributed by atoms with Gasteiger partial charge in [0.1, 0.15) is 5.75 Å². The number of aromatic hydroxyl groups is 1. The van der Waals surface area contributed by atoms with E-state index in [4.69, 9.17) is 17.3 Å². The SMILES string of the molecule is NC(=O)c1ccc(NCc2cccc(Br)c2O)cc1Cl. The first-order valence-electron chi connectivity index (χ1n) is 5.78. The van der Waals surface area contributed by atoms with Crippen molar-refractivity contribution in [2.45, 2.75) is 6.54 Å². The molecule has 0 aromatic heterocycles. The molecule has 104 valence electrons. The smallest absolute Gasteiger partial charge is 0.250 e. The summed E-state index contributed by atoms with van der Waals surface area (Å²) < 4.78 is 0.638. The molecule has 0 spiro atoms. The molecule has 2 aromatic carbocycles. The van der Waals surface area contributed by atoms with Crippen molar-refractivity contribution in [3.05, 3.63) is 57.0 Å². The summed E-state index contributed by atoms with van der Waals surface area (Å²) in [5.74, 6) is -0.369. The van der Waals surface area contributed by atoms with Crippen LogP contribution in [0.15, 0.2) is 40.9 Å². The van der Waals surface area contributed by atoms with Crippen molar-refractivity contribution in [3.8, 4) is 5.75 Å². The van der Waals surface area contributed by atoms with Gasteiger partial charge >= 0.3 is 0 Å². The average molecular weight is 356 g/mol. The first kappa shape index (κ1) is 14.7. The van der Waals surface area contributed by atoms with Gasteiger partial charge in [0.05, 0.1) is 15.1 Å². The number of nitrogens with one attached hydrogen (secondary N) is 1. The van der Waals surface area contributed by atoms with E-state index in [1.54, 1.807) is 24.3 Å². The normalized spacial score (nSPS) is 10.3. The molecule has 2 aromatic rings. The van der Waals surface area contributed by atoms with Crippen LogP contribution in [0, 0.1) is 0 Å². The van der Waals surface area contributed by atoms with Crippen molar-refractivity contribution in [1.29, 1.82) is 0 Å². The van der Waals surface area contributed by atoms with E-state index in [9.17, 15) is 9.90 Å². The maximum absolute atomic E-state index is 11.1. The van der Waals surface area contributed by atoms with Crippen LogP contribution in [0.5, 0.6) is 5.75 Å². The highest BCUT2D eigenvalue weighted by Crippen LogP contribution is 2.28. The number of phenols is 1. The van der Waals surface area contributed by atoms with Crippen molar-refractivity contribution in [2.24, 2.45) is 5.73 Å². The van der Waals surface area contributed by atoms with Gasteiger partial charge in [0.15, 0.2) is 0 Å². The zero-order chi connectivity index (χ0) is 14.7. The van der Waals surface area contributed by atoms with E-state index in [0.29, 0.717) is 16.0 Å². The molecule has 0 radical (unpaired) electrons. The number of phenolic OH excluding ortho intramolecular Hbond substituents is 1. The van der Waals surface area contributed by atoms with Gasteiger partial charge in [-0.2, -0.15) is 0 Å². The lowest BCUT2D eigenvalue weighted by molar-refractivity contribution is 0.100. The number of carbonyl (C=O) groups excluding carboxylic acids is 1. The lowest BCUT2D eigenvalue weighted by atomic mass is 10.1. The maximum Gasteiger partial charge on any atom is 0.250 e. The molecule has 0 aliphatic heterocycles. The summed E-state index contributed by atoms with van der Waals surface area (Å²) >= 11 is 9.22. The topological polar surface area (TPSA) is 75.4 Å². The summed E-state index contributed by atoms with van der Waals surface area (Å²) in [6.45, 7) is 0.428. The minimum absolute atomic E-state index is 0.194. The number of amides is 1. The van der Waals surface area contributed by atoms with Crippen LogP contribution in [0.25, 0.3) is 0 Å². The van der Waals surface area contributed by atoms with Crippen LogP contribution in [0.4, 0.5) is 5.69 Å². The third kappa shape index (κ3) is 3.23. The Labute approximate surface area is 129 Å². The first-order valence-corrected chi connectivity index (χ1v) is 6.95. The fourth-order valence-electron chi connectivity index (χ4n) is 1.72. The predicted octanol–water partition coefficient (Wildman–Crippen LogP) is 3.52. The van der Waals surface area contributed by atoms with Crippen LogP contribution < -0.4 is 11.1 Å². The number of para-hydroxylation sites is 1. The van der Waals surface area contributed by atoms with Crippen LogP contribution in [-0.2, 0) is 6.54 Å². The highest BCUT2D eigenvalue weighted by molar-refractivity contribution is 9.10. The van der Waals surface area contributed by atoms with Crippen LogP contribution in [0.2, 0.25) is 5.02 Å². The van der Waals surface area contributed by atoms with E-state index in [2.05, 4.69) is 21.2 Å². The summed E-state index contributed by atoms with van der Waals surface area (Å²) in [6.07, 6.45) is 0. The molecule has 0 fully saturated rings. The number of carbonyl (C=O) groups is 1. The van der Waals surface area contributed by atoms with E-state index < -0.39 is 5.91 Å². The van der Waals surface area contributed by atoms with Gasteiger partial charge in [0, 0.05) is 17.8 Å². The summed E-state index contributed by atoms with van der Waals surface area (Å²) in [6, 6.07) is 10.3. The summed E-state index contributed by atoms with van der Waals surface area (Å²) in [4.78, 5) is 11.1. The van der Waals surface area contributed by atoms with Crippen molar-refractivity contribution in [2.75, 3.05) is 5.32 Å². The molecule has 0 saturated heterocycles. The Kier molecular flexibility index (Phi) is 4.52. The second-order valence-electron chi connectivity index (χ2n) is 4.16. The lowest BCUT2D eigenvalue weighted by Gasteiger charge is -2.10. The van der Waals surface area contributed by atoms with Gasteiger partial charge in [0.2, 0.25) is 5.91 Å². The van der Waals surface area contributed by atoms with E-state index in [1.807, 2.05) is 12.1 Å². The third-order valence-electron chi connectivity index (χ3n) is 2.79. The second kappa shape index (κ2) is 6.15. The summed E-state index contributed by atoms with van der Waals surface area (Å²) in [7, 11) is 0. The Bertz CT molecular complexity index is 662. The van der Waals surface area contributed by atoms with E-state index in [-0.39, 0.29) is 11.3 Å². The molecule has 1 amide bonds. The Morgan fingerprint density at radius 2 is 2.10 bits per heavy atom. The van der Waals surface area contributed by atoms with E-state index >= 15 is 0 Å². The number of hydrogen-bond acceptors (Lipinski definition) is 3. The van der Waals surface area contributed by atoms with Gasteiger partial charge in [-0.1, -0.05) is 23.7 Å². The highest BCUT2D eigenvalue weighted by atomic mass is 79.9. The van der Waals surface area contributed by atoms with Gasteiger partial charge in [0.25, 0.3) is 0 Å². The van der Waals surface area contributed by atoms with Crippen LogP contribution in [0.3, 0.4) is 0 Å². The third-order valence-corrected chi connectivity index (χ3v) is 3.74. The molecule has 0 unspecified atom stereocenters. The molecule has 0 saturated carbocycles. The predicted molar refractivity (Wildman–Crippen MR) is 83.1 cm³/mol. The van der Waals surface area contributed by atoms with E-state index in [1.165, 1.54) is 0 Å². The Morgan fingerprint density at radius 1 is 1.35 bits per heavy atom. The van der Waals surface area contributed by atoms with Crippen LogP contribution >= 0.6 is 27.5 Å². The minimum Gasteiger partial charge on any atom is -0.506 e. The summed E-state index contributed by atoms with van der Waals surface area (Å²) in [5.41, 5.74) is 6.94. The second-order valence-corrected chi connectivity index (χ2v) is 5.42. The fraction of sp³-hybridized carbons (Fsp3) is 0.0714. The molecule has 6 heteroatoms. The molecule has 2 rings (SSSR count). The highest BCUT2D eigenvalue weighted by Gasteiger charge is 2.08. The summed E-state index contributed by atoms with van der Waals surface area (Å²) in [5, 5.41) is 13.3. The molecule has 0 aliphatic carbocycles. The molecular weight excluding hydrogens is 344 g/mol. The fourth-order valence-corrected chi connectivity index (χ4v) is 2.41. The van der Waals surface area contributed by atoms with Gasteiger partial charge in [-0.25, -0.2) is 0 Å². The number of hydrogen-bond donors (Lipinski definition) is 3. The van der Waals surface area contributed by atoms with Crippen LogP contribution in [-0.4, -0.2) is 11.0 Å². The monoisotopic (exact) mass is 354 g/mol. The molecule has 4 N–H and O–H groups in total. The van der Waals surface area contributed by atoms with Gasteiger partial charge < -0.3 is 16.2 Å². The molecule has 0 heterocycles. The number of rotatable bonds is 4. The zero-order valence-electron chi connectivity index (χ0n) is 10.4. The van der Waals surface area contributed by atoms with Crippen LogP contribution in [0.1, 0.15) is 15.9 Å². The minimum atomic E-state index is -0.564. The number of benzene rings is 2. The Morgan fingerprint density at radius 3 is 2.75 bits per heavy atom. The number of anilines is 1. The maximum atomic E-state index is 11.1. The number of halogens is 2. The molecule has 20 heavy (non-hydrogen) atoms. The average Bonchev–Trinajstić information content (AvgIpc) is 2.40. The Hall–Kier alpha value is -1.72. The largest absolute Gasteiger partial charge is 0.506 e. The molecule has 4 nitrogen and oxygen atoms in total. The quantitative estimate of drug-likeness (QED) is 0.785. The van der Waals surface area contributed by atoms with Crippen molar-refractivity contribution in [1.82, 2.24) is 0 Å². The van der Waals surface area contributed by atoms with Gasteiger partial charge in [-0.05, 0) is 40.2 Å². The molecule has 0 bridgehead atoms. The number of primary amides is 1. The van der Waals surface area contributed by atoms with Crippen molar-refractivity contribution < 1.29 is 9.90 Å². The molecule has 0 aliphatic rings. The van der Waals surface area contributed by atoms with Crippen molar-refractivity contribution >= 4 is 39.1 Å². The van der Waals surface area contributed by atoms with Gasteiger partial charge in [-0.3, -0.25) is 4.79 Å². The van der Waals surface area contributed by atoms with Crippen molar-refractivity contribution in [3.63, 3.8) is 0 Å². The lowest BCUT2D eigenvalue weighted by Crippen LogP contribution is -2.11. The molecule has 0 atom stereocenters. The Balaban J connectivity index is 2.13. The molecular formula is C14H12BrClN2O2. The standard InChI is InChI=1S/C14H12BrClN2O2/c15-11-3-1-2-8(13(11)19)7-18-9-4-5-10(14(17)20)12(16)6-9/h1-6,18-19H,7H2,(H2,17,20). The van der Waals surface area contributed by atoms with E-state index in [0.717, 1.165) is 11.3 Å². The number of nitrogens with two attached hydrogens (primary N) is 1. The first-order chi connectivity index (χ1) is 9.49.